The summed E-state index contributed by atoms with van der Waals surface area (Å²) >= 11 is 9.72. The second-order valence-electron chi connectivity index (χ2n) is 5.30. The van der Waals surface area contributed by atoms with Crippen LogP contribution in [0.15, 0.2) is 47.1 Å². The third kappa shape index (κ3) is 2.34. The number of benzene rings is 2. The molecule has 106 valence electrons. The van der Waals surface area contributed by atoms with Crippen LogP contribution in [-0.4, -0.2) is 11.2 Å². The van der Waals surface area contributed by atoms with Gasteiger partial charge in [0.15, 0.2) is 0 Å². The minimum Gasteiger partial charge on any atom is -0.493 e. The fourth-order valence-electron chi connectivity index (χ4n) is 2.94. The number of aromatic nitrogens is 1. The van der Waals surface area contributed by atoms with Crippen LogP contribution in [0, 0.1) is 0 Å². The van der Waals surface area contributed by atoms with Crippen molar-refractivity contribution in [1.29, 1.82) is 0 Å². The third-order valence-electron chi connectivity index (χ3n) is 3.90. The molecule has 0 saturated heterocycles. The Hall–Kier alpha value is -1.45. The van der Waals surface area contributed by atoms with Crippen LogP contribution in [0.4, 0.5) is 0 Å². The van der Waals surface area contributed by atoms with Gasteiger partial charge in [0.1, 0.15) is 5.75 Å². The summed E-state index contributed by atoms with van der Waals surface area (Å²) in [5.41, 5.74) is 3.64. The van der Waals surface area contributed by atoms with Crippen LogP contribution in [0.1, 0.15) is 11.1 Å². The van der Waals surface area contributed by atoms with Crippen LogP contribution < -0.4 is 4.74 Å². The molecular formula is C17H13BrClNO. The molecule has 0 saturated carbocycles. The minimum absolute atomic E-state index is 0.762. The van der Waals surface area contributed by atoms with Gasteiger partial charge in [0.05, 0.1) is 13.2 Å². The maximum absolute atomic E-state index is 6.12. The molecule has 0 fully saturated rings. The van der Waals surface area contributed by atoms with Gasteiger partial charge in [-0.25, -0.2) is 0 Å². The molecule has 21 heavy (non-hydrogen) atoms. The van der Waals surface area contributed by atoms with Gasteiger partial charge in [-0.15, -0.1) is 0 Å². The molecular weight excluding hydrogens is 350 g/mol. The monoisotopic (exact) mass is 361 g/mol. The highest BCUT2D eigenvalue weighted by atomic mass is 79.9. The highest BCUT2D eigenvalue weighted by molar-refractivity contribution is 9.10. The van der Waals surface area contributed by atoms with E-state index in [1.165, 1.54) is 16.5 Å². The second kappa shape index (κ2) is 5.08. The lowest BCUT2D eigenvalue weighted by Crippen LogP contribution is -2.00. The highest BCUT2D eigenvalue weighted by Gasteiger charge is 2.18. The van der Waals surface area contributed by atoms with Crippen LogP contribution in [0.5, 0.6) is 5.75 Å². The molecule has 0 amide bonds. The molecule has 0 spiro atoms. The van der Waals surface area contributed by atoms with E-state index < -0.39 is 0 Å². The number of hydrogen-bond acceptors (Lipinski definition) is 1. The molecule has 0 aliphatic carbocycles. The molecule has 0 unspecified atom stereocenters. The number of hydrogen-bond donors (Lipinski definition) is 0. The van der Waals surface area contributed by atoms with Crippen LogP contribution in [0.3, 0.4) is 0 Å². The second-order valence-corrected chi connectivity index (χ2v) is 6.65. The standard InChI is InChI=1S/C17H13BrClNO/c18-14-7-12-4-6-21-17(12)13(8-14)10-20-5-3-11-1-2-15(19)9-16(11)20/h1-3,5,7-9H,4,6,10H2. The lowest BCUT2D eigenvalue weighted by molar-refractivity contribution is 0.353. The van der Waals surface area contributed by atoms with E-state index in [1.54, 1.807) is 0 Å². The zero-order valence-corrected chi connectivity index (χ0v) is 13.6. The molecule has 1 aliphatic heterocycles. The van der Waals surface area contributed by atoms with E-state index in [1.807, 2.05) is 12.1 Å². The fraction of sp³-hybridized carbons (Fsp3) is 0.176. The number of ether oxygens (including phenoxy) is 1. The lowest BCUT2D eigenvalue weighted by atomic mass is 10.1. The maximum atomic E-state index is 6.12. The number of nitrogens with zero attached hydrogens (tertiary/aromatic N) is 1. The molecule has 2 aromatic carbocycles. The molecule has 2 nitrogen and oxygen atoms in total. The molecule has 1 aromatic heterocycles. The van der Waals surface area contributed by atoms with Crippen LogP contribution in [0.25, 0.3) is 10.9 Å². The lowest BCUT2D eigenvalue weighted by Gasteiger charge is -2.11. The van der Waals surface area contributed by atoms with E-state index in [0.29, 0.717) is 0 Å². The largest absolute Gasteiger partial charge is 0.493 e. The van der Waals surface area contributed by atoms with E-state index in [9.17, 15) is 0 Å². The third-order valence-corrected chi connectivity index (χ3v) is 4.59. The topological polar surface area (TPSA) is 14.2 Å². The summed E-state index contributed by atoms with van der Waals surface area (Å²) in [4.78, 5) is 0. The van der Waals surface area contributed by atoms with Crippen LogP contribution in [0.2, 0.25) is 5.02 Å². The first-order chi connectivity index (χ1) is 10.2. The van der Waals surface area contributed by atoms with Crippen molar-refractivity contribution in [2.75, 3.05) is 6.61 Å². The molecule has 0 radical (unpaired) electrons. The Morgan fingerprint density at radius 3 is 3.00 bits per heavy atom. The zero-order chi connectivity index (χ0) is 14.4. The van der Waals surface area contributed by atoms with Gasteiger partial charge < -0.3 is 9.30 Å². The first kappa shape index (κ1) is 13.2. The normalized spacial score (nSPS) is 13.4. The first-order valence-electron chi connectivity index (χ1n) is 6.89. The Labute approximate surface area is 136 Å². The van der Waals surface area contributed by atoms with E-state index in [4.69, 9.17) is 16.3 Å². The van der Waals surface area contributed by atoms with E-state index in [2.05, 4.69) is 51.0 Å². The molecule has 2 heterocycles. The summed E-state index contributed by atoms with van der Waals surface area (Å²) in [5, 5.41) is 1.96. The van der Waals surface area contributed by atoms with Crippen LogP contribution >= 0.6 is 27.5 Å². The SMILES string of the molecule is Clc1ccc2ccn(Cc3cc(Br)cc4c3OCC4)c2c1. The van der Waals surface area contributed by atoms with Crippen molar-refractivity contribution in [3.63, 3.8) is 0 Å². The van der Waals surface area contributed by atoms with Crippen molar-refractivity contribution >= 4 is 38.4 Å². The molecule has 4 rings (SSSR count). The number of rotatable bonds is 2. The summed E-state index contributed by atoms with van der Waals surface area (Å²) in [5.74, 6) is 1.04. The average Bonchev–Trinajstić information content (AvgIpc) is 3.06. The van der Waals surface area contributed by atoms with Gasteiger partial charge in [-0.1, -0.05) is 33.6 Å². The van der Waals surface area contributed by atoms with Gasteiger partial charge in [-0.2, -0.15) is 0 Å². The highest BCUT2D eigenvalue weighted by Crippen LogP contribution is 2.34. The maximum Gasteiger partial charge on any atom is 0.127 e. The number of fused-ring (bicyclic) bond motifs is 2. The predicted molar refractivity (Wildman–Crippen MR) is 89.4 cm³/mol. The Morgan fingerprint density at radius 2 is 2.10 bits per heavy atom. The van der Waals surface area contributed by atoms with Crippen molar-refractivity contribution < 1.29 is 4.74 Å². The summed E-state index contributed by atoms with van der Waals surface area (Å²) in [7, 11) is 0. The molecule has 4 heteroatoms. The average molecular weight is 363 g/mol. The van der Waals surface area contributed by atoms with Gasteiger partial charge in [0.25, 0.3) is 0 Å². The Kier molecular flexibility index (Phi) is 3.20. The van der Waals surface area contributed by atoms with Crippen molar-refractivity contribution in [1.82, 2.24) is 4.57 Å². The van der Waals surface area contributed by atoms with Gasteiger partial charge in [0.2, 0.25) is 0 Å². The summed E-state index contributed by atoms with van der Waals surface area (Å²) in [6, 6.07) is 12.4. The smallest absolute Gasteiger partial charge is 0.127 e. The van der Waals surface area contributed by atoms with Gasteiger partial charge in [-0.05, 0) is 41.3 Å². The number of halogens is 2. The minimum atomic E-state index is 0.762. The Balaban J connectivity index is 1.80. The van der Waals surface area contributed by atoms with E-state index in [-0.39, 0.29) is 0 Å². The zero-order valence-electron chi connectivity index (χ0n) is 11.3. The predicted octanol–water partition coefficient (Wildman–Crippen LogP) is 5.04. The van der Waals surface area contributed by atoms with Crippen molar-refractivity contribution in [3.05, 3.63) is 63.2 Å². The molecule has 0 N–H and O–H groups in total. The molecule has 3 aromatic rings. The van der Waals surface area contributed by atoms with Gasteiger partial charge >= 0.3 is 0 Å². The Bertz CT molecular complexity index is 840. The van der Waals surface area contributed by atoms with Crippen molar-refractivity contribution in [2.24, 2.45) is 0 Å². The van der Waals surface area contributed by atoms with Crippen molar-refractivity contribution in [3.8, 4) is 5.75 Å². The summed E-state index contributed by atoms with van der Waals surface area (Å²) < 4.78 is 9.13. The summed E-state index contributed by atoms with van der Waals surface area (Å²) in [6.45, 7) is 1.56. The summed E-state index contributed by atoms with van der Waals surface area (Å²) in [6.07, 6.45) is 3.09. The van der Waals surface area contributed by atoms with E-state index in [0.717, 1.165) is 40.3 Å². The van der Waals surface area contributed by atoms with Crippen LogP contribution in [-0.2, 0) is 13.0 Å². The first-order valence-corrected chi connectivity index (χ1v) is 8.06. The Morgan fingerprint density at radius 1 is 1.19 bits per heavy atom. The van der Waals surface area contributed by atoms with Gasteiger partial charge in [0, 0.05) is 33.2 Å². The van der Waals surface area contributed by atoms with Gasteiger partial charge in [-0.3, -0.25) is 0 Å². The quantitative estimate of drug-likeness (QED) is 0.623. The fourth-order valence-corrected chi connectivity index (χ4v) is 3.66. The molecule has 1 aliphatic rings. The van der Waals surface area contributed by atoms with Crippen molar-refractivity contribution in [2.45, 2.75) is 13.0 Å². The molecule has 0 atom stereocenters. The van der Waals surface area contributed by atoms with E-state index >= 15 is 0 Å². The molecule has 0 bridgehead atoms.